The lowest BCUT2D eigenvalue weighted by Gasteiger charge is -2.25. The van der Waals surface area contributed by atoms with Crippen molar-refractivity contribution in [2.24, 2.45) is 0 Å². The monoisotopic (exact) mass is 295 g/mol. The molecule has 5 heteroatoms. The SMILES string of the molecule is O=S1(=O)CCCCC1COc1cccc2c1CCCN2. The standard InChI is InChI=1S/C15H21NO3S/c17-20(18)10-2-1-5-12(20)11-19-15-8-3-7-14-13(15)6-4-9-16-14/h3,7-8,12,16H,1-2,4-6,9-11H2. The third kappa shape index (κ3) is 2.77. The quantitative estimate of drug-likeness (QED) is 0.930. The predicted octanol–water partition coefficient (Wildman–Crippen LogP) is 2.39. The number of anilines is 1. The van der Waals surface area contributed by atoms with E-state index in [-0.39, 0.29) is 5.25 Å². The van der Waals surface area contributed by atoms with E-state index in [4.69, 9.17) is 4.74 Å². The number of hydrogen-bond acceptors (Lipinski definition) is 4. The van der Waals surface area contributed by atoms with Gasteiger partial charge in [-0.1, -0.05) is 12.5 Å². The number of ether oxygens (including phenoxy) is 1. The van der Waals surface area contributed by atoms with Crippen LogP contribution < -0.4 is 10.1 Å². The molecule has 110 valence electrons. The fraction of sp³-hybridized carbons (Fsp3) is 0.600. The van der Waals surface area contributed by atoms with Gasteiger partial charge in [0.15, 0.2) is 9.84 Å². The summed E-state index contributed by atoms with van der Waals surface area (Å²) in [4.78, 5) is 0. The van der Waals surface area contributed by atoms with E-state index in [0.717, 1.165) is 50.1 Å². The van der Waals surface area contributed by atoms with Crippen LogP contribution in [0.15, 0.2) is 18.2 Å². The van der Waals surface area contributed by atoms with Crippen molar-refractivity contribution in [1.82, 2.24) is 0 Å². The van der Waals surface area contributed by atoms with Crippen LogP contribution in [0.2, 0.25) is 0 Å². The molecule has 0 spiro atoms. The molecule has 1 saturated heterocycles. The van der Waals surface area contributed by atoms with Gasteiger partial charge in [-0.05, 0) is 37.8 Å². The Morgan fingerprint density at radius 1 is 1.25 bits per heavy atom. The Bertz CT molecular complexity index is 583. The molecule has 0 aromatic heterocycles. The summed E-state index contributed by atoms with van der Waals surface area (Å²) in [6.07, 6.45) is 4.60. The minimum atomic E-state index is -2.96. The molecule has 1 N–H and O–H groups in total. The Morgan fingerprint density at radius 2 is 2.15 bits per heavy atom. The molecule has 2 aliphatic heterocycles. The van der Waals surface area contributed by atoms with Crippen LogP contribution in [0.4, 0.5) is 5.69 Å². The molecule has 1 unspecified atom stereocenters. The molecule has 0 amide bonds. The highest BCUT2D eigenvalue weighted by atomic mass is 32.2. The van der Waals surface area contributed by atoms with Crippen molar-refractivity contribution in [2.45, 2.75) is 37.4 Å². The Kier molecular flexibility index (Phi) is 3.87. The van der Waals surface area contributed by atoms with E-state index < -0.39 is 9.84 Å². The van der Waals surface area contributed by atoms with E-state index in [0.29, 0.717) is 12.4 Å². The zero-order valence-corrected chi connectivity index (χ0v) is 12.4. The molecule has 4 nitrogen and oxygen atoms in total. The Labute approximate surface area is 120 Å². The topological polar surface area (TPSA) is 55.4 Å². The minimum absolute atomic E-state index is 0.290. The van der Waals surface area contributed by atoms with Crippen LogP contribution in [0, 0.1) is 0 Å². The highest BCUT2D eigenvalue weighted by Crippen LogP contribution is 2.31. The molecule has 20 heavy (non-hydrogen) atoms. The Hall–Kier alpha value is -1.23. The molecule has 0 aliphatic carbocycles. The van der Waals surface area contributed by atoms with Crippen LogP contribution in [-0.2, 0) is 16.3 Å². The lowest BCUT2D eigenvalue weighted by atomic mass is 10.0. The maximum atomic E-state index is 12.0. The lowest BCUT2D eigenvalue weighted by Crippen LogP contribution is -2.33. The van der Waals surface area contributed by atoms with E-state index in [1.807, 2.05) is 12.1 Å². The molecule has 2 aliphatic rings. The summed E-state index contributed by atoms with van der Waals surface area (Å²) < 4.78 is 29.9. The van der Waals surface area contributed by atoms with Crippen LogP contribution in [0.25, 0.3) is 0 Å². The predicted molar refractivity (Wildman–Crippen MR) is 80.2 cm³/mol. The van der Waals surface area contributed by atoms with Crippen LogP contribution in [0.5, 0.6) is 5.75 Å². The number of rotatable bonds is 3. The normalized spacial score (nSPS) is 24.5. The van der Waals surface area contributed by atoms with Gasteiger partial charge in [0.2, 0.25) is 0 Å². The number of nitrogens with one attached hydrogen (secondary N) is 1. The van der Waals surface area contributed by atoms with Gasteiger partial charge in [-0.3, -0.25) is 0 Å². The first kappa shape index (κ1) is 13.7. The molecule has 1 aromatic rings. The molecular formula is C15H21NO3S. The second kappa shape index (κ2) is 5.64. The fourth-order valence-corrected chi connectivity index (χ4v) is 4.74. The van der Waals surface area contributed by atoms with E-state index in [9.17, 15) is 8.42 Å². The van der Waals surface area contributed by atoms with Gasteiger partial charge in [-0.15, -0.1) is 0 Å². The molecule has 0 radical (unpaired) electrons. The summed E-state index contributed by atoms with van der Waals surface area (Å²) in [6, 6.07) is 5.96. The maximum Gasteiger partial charge on any atom is 0.156 e. The van der Waals surface area contributed by atoms with Crippen molar-refractivity contribution >= 4 is 15.5 Å². The summed E-state index contributed by atoms with van der Waals surface area (Å²) in [5.41, 5.74) is 2.31. The average molecular weight is 295 g/mol. The van der Waals surface area contributed by atoms with Crippen LogP contribution in [0.3, 0.4) is 0 Å². The summed E-state index contributed by atoms with van der Waals surface area (Å²) in [6.45, 7) is 1.28. The van der Waals surface area contributed by atoms with E-state index in [2.05, 4.69) is 11.4 Å². The van der Waals surface area contributed by atoms with Gasteiger partial charge in [0, 0.05) is 17.8 Å². The number of hydrogen-bond donors (Lipinski definition) is 1. The average Bonchev–Trinajstić information content (AvgIpc) is 2.46. The second-order valence-corrected chi connectivity index (χ2v) is 8.01. The van der Waals surface area contributed by atoms with Gasteiger partial charge in [0.25, 0.3) is 0 Å². The molecule has 1 atom stereocenters. The lowest BCUT2D eigenvalue weighted by molar-refractivity contribution is 0.299. The highest BCUT2D eigenvalue weighted by molar-refractivity contribution is 7.92. The van der Waals surface area contributed by atoms with Crippen LogP contribution in [0.1, 0.15) is 31.2 Å². The zero-order chi connectivity index (χ0) is 14.0. The number of fused-ring (bicyclic) bond motifs is 1. The molecule has 0 bridgehead atoms. The van der Waals surface area contributed by atoms with Gasteiger partial charge >= 0.3 is 0 Å². The van der Waals surface area contributed by atoms with Crippen molar-refractivity contribution < 1.29 is 13.2 Å². The summed E-state index contributed by atoms with van der Waals surface area (Å²) >= 11 is 0. The Balaban J connectivity index is 1.72. The van der Waals surface area contributed by atoms with Crippen LogP contribution >= 0.6 is 0 Å². The molecule has 0 saturated carbocycles. The smallest absolute Gasteiger partial charge is 0.156 e. The van der Waals surface area contributed by atoms with Crippen molar-refractivity contribution in [3.8, 4) is 5.75 Å². The van der Waals surface area contributed by atoms with Crippen LogP contribution in [-0.4, -0.2) is 32.6 Å². The first-order valence-electron chi connectivity index (χ1n) is 7.37. The number of sulfone groups is 1. The first-order chi connectivity index (χ1) is 9.67. The first-order valence-corrected chi connectivity index (χ1v) is 9.08. The number of benzene rings is 1. The van der Waals surface area contributed by atoms with E-state index in [1.54, 1.807) is 0 Å². The maximum absolute atomic E-state index is 12.0. The van der Waals surface area contributed by atoms with Gasteiger partial charge in [0.05, 0.1) is 11.0 Å². The summed E-state index contributed by atoms with van der Waals surface area (Å²) in [5.74, 6) is 1.16. The fourth-order valence-electron chi connectivity index (χ4n) is 3.00. The minimum Gasteiger partial charge on any atom is -0.492 e. The van der Waals surface area contributed by atoms with Gasteiger partial charge in [-0.25, -0.2) is 8.42 Å². The van der Waals surface area contributed by atoms with Crippen molar-refractivity contribution in [2.75, 3.05) is 24.2 Å². The second-order valence-electron chi connectivity index (χ2n) is 5.61. The van der Waals surface area contributed by atoms with Crippen molar-refractivity contribution in [1.29, 1.82) is 0 Å². The summed E-state index contributed by atoms with van der Waals surface area (Å²) in [5, 5.41) is 3.03. The molecule has 2 heterocycles. The highest BCUT2D eigenvalue weighted by Gasteiger charge is 2.29. The van der Waals surface area contributed by atoms with E-state index >= 15 is 0 Å². The zero-order valence-electron chi connectivity index (χ0n) is 11.6. The van der Waals surface area contributed by atoms with E-state index in [1.165, 1.54) is 5.56 Å². The van der Waals surface area contributed by atoms with Gasteiger partial charge < -0.3 is 10.1 Å². The molecular weight excluding hydrogens is 274 g/mol. The van der Waals surface area contributed by atoms with Gasteiger partial charge in [0.1, 0.15) is 12.4 Å². The third-order valence-electron chi connectivity index (χ3n) is 4.19. The molecule has 1 fully saturated rings. The summed E-state index contributed by atoms with van der Waals surface area (Å²) in [7, 11) is -2.96. The molecule has 1 aromatic carbocycles. The molecule has 3 rings (SSSR count). The largest absolute Gasteiger partial charge is 0.492 e. The Morgan fingerprint density at radius 3 is 3.00 bits per heavy atom. The van der Waals surface area contributed by atoms with Crippen molar-refractivity contribution in [3.63, 3.8) is 0 Å². The van der Waals surface area contributed by atoms with Crippen molar-refractivity contribution in [3.05, 3.63) is 23.8 Å². The third-order valence-corrected chi connectivity index (χ3v) is 6.43. The van der Waals surface area contributed by atoms with Gasteiger partial charge in [-0.2, -0.15) is 0 Å².